The van der Waals surface area contributed by atoms with Gasteiger partial charge in [0.1, 0.15) is 0 Å². The Labute approximate surface area is 288 Å². The Balaban J connectivity index is 0.000000194. The zero-order valence-corrected chi connectivity index (χ0v) is 28.8. The smallest absolute Gasteiger partial charge is 0.339 e. The second-order valence-electron chi connectivity index (χ2n) is 10.8. The number of ketones is 1. The summed E-state index contributed by atoms with van der Waals surface area (Å²) in [6, 6.07) is 16.1. The molecule has 0 fully saturated rings. The molecule has 6 rings (SSSR count). The molecule has 0 amide bonds. The van der Waals surface area contributed by atoms with Crippen LogP contribution in [0.15, 0.2) is 73.1 Å². The maximum absolute atomic E-state index is 12.2. The van der Waals surface area contributed by atoms with E-state index in [1.54, 1.807) is 54.6 Å². The largest absolute Gasteiger partial charge is 0.465 e. The van der Waals surface area contributed by atoms with Gasteiger partial charge in [-0.3, -0.25) is 23.4 Å². The molecule has 2 aliphatic heterocycles. The molecule has 0 atom stereocenters. The third-order valence-electron chi connectivity index (χ3n) is 7.28. The van der Waals surface area contributed by atoms with E-state index in [1.807, 2.05) is 0 Å². The molecule has 2 N–H and O–H groups in total. The Morgan fingerprint density at radius 3 is 1.52 bits per heavy atom. The van der Waals surface area contributed by atoms with Crippen molar-refractivity contribution in [1.29, 1.82) is 0 Å². The Bertz CT molecular complexity index is 1940. The second kappa shape index (κ2) is 15.0. The van der Waals surface area contributed by atoms with Crippen LogP contribution in [0.5, 0.6) is 23.0 Å². The third kappa shape index (κ3) is 8.57. The zero-order valence-electron chi connectivity index (χ0n) is 27.1. The molecule has 0 saturated heterocycles. The minimum absolute atomic E-state index is 0.0138. The summed E-state index contributed by atoms with van der Waals surface area (Å²) in [4.78, 5) is 31.3. The Kier molecular flexibility index (Phi) is 10.7. The molecule has 2 aromatic carbocycles. The van der Waals surface area contributed by atoms with Crippen LogP contribution < -0.4 is 33.3 Å². The number of nitrogens with zero attached hydrogens (tertiary/aromatic N) is 4. The van der Waals surface area contributed by atoms with Crippen LogP contribution >= 0.6 is 0 Å². The van der Waals surface area contributed by atoms with Crippen molar-refractivity contribution in [2.24, 2.45) is 5.73 Å². The molecule has 0 unspecified atom stereocenters. The number of methoxy groups -OCH3 is 1. The van der Waals surface area contributed by atoms with Crippen LogP contribution in [0.25, 0.3) is 0 Å². The second-order valence-corrected chi connectivity index (χ2v) is 14.6. The molecule has 0 spiro atoms. The minimum atomic E-state index is -3.56. The van der Waals surface area contributed by atoms with E-state index >= 15 is 0 Å². The highest BCUT2D eigenvalue weighted by molar-refractivity contribution is 7.92. The first-order chi connectivity index (χ1) is 23.8. The summed E-state index contributed by atoms with van der Waals surface area (Å²) in [5, 5.41) is 0. The molecule has 4 aromatic rings. The third-order valence-corrected chi connectivity index (χ3v) is 9.56. The van der Waals surface area contributed by atoms with Gasteiger partial charge in [-0.05, 0) is 48.5 Å². The van der Waals surface area contributed by atoms with Crippen LogP contribution in [0.2, 0.25) is 0 Å². The van der Waals surface area contributed by atoms with E-state index in [0.717, 1.165) is 12.5 Å². The summed E-state index contributed by atoms with van der Waals surface area (Å²) in [5.41, 5.74) is 7.85. The minimum Gasteiger partial charge on any atom is -0.465 e. The SMILES string of the molecule is COC(=O)c1ccc(CN(c2ccc3c(c2)OCO3)S(C)(=O)=O)nc1.CS(=O)(=O)N(Cc1ccc(C(=O)CN)cn1)c1ccc2c(c1)OCO2. The summed E-state index contributed by atoms with van der Waals surface area (Å²) in [6.45, 7) is 0.146. The molecular weight excluding hydrogens is 695 g/mol. The molecule has 16 nitrogen and oxygen atoms in total. The van der Waals surface area contributed by atoms with E-state index in [2.05, 4.69) is 14.7 Å². The van der Waals surface area contributed by atoms with Crippen LogP contribution in [0.1, 0.15) is 32.1 Å². The first kappa shape index (κ1) is 35.8. The standard InChI is InChI=1S/C16H17N3O5S.C16H16N2O6S/c1-25(21,22)19(13-4-5-15-16(6-13)24-10-23-15)9-12-3-2-11(8-18-12)14(20)7-17;1-22-16(19)11-3-4-12(17-8-11)9-18(25(2,20)21)13-5-6-14-15(7-13)24-10-23-14/h2-6,8H,7,9-10,17H2,1H3;3-8H,9-10H2,1-2H3. The summed E-state index contributed by atoms with van der Waals surface area (Å²) in [6.07, 6.45) is 4.97. The number of sulfonamides is 2. The Hall–Kier alpha value is -5.46. The van der Waals surface area contributed by atoms with Crippen molar-refractivity contribution in [3.8, 4) is 23.0 Å². The lowest BCUT2D eigenvalue weighted by Gasteiger charge is -2.22. The monoisotopic (exact) mass is 727 g/mol. The van der Waals surface area contributed by atoms with Crippen molar-refractivity contribution < 1.29 is 50.1 Å². The van der Waals surface area contributed by atoms with Crippen molar-refractivity contribution >= 4 is 43.2 Å². The van der Waals surface area contributed by atoms with Gasteiger partial charge >= 0.3 is 5.97 Å². The molecule has 50 heavy (non-hydrogen) atoms. The van der Waals surface area contributed by atoms with Gasteiger partial charge in [-0.2, -0.15) is 0 Å². The molecule has 0 saturated carbocycles. The number of pyridine rings is 2. The fourth-order valence-corrected chi connectivity index (χ4v) is 6.46. The van der Waals surface area contributed by atoms with Crippen molar-refractivity contribution in [3.05, 3.63) is 95.6 Å². The van der Waals surface area contributed by atoms with Crippen molar-refractivity contribution in [2.45, 2.75) is 13.1 Å². The lowest BCUT2D eigenvalue weighted by Crippen LogP contribution is -2.29. The number of esters is 1. The fourth-order valence-electron chi connectivity index (χ4n) is 4.73. The number of Topliss-reactive ketones (excluding diaryl/α,β-unsaturated/α-hetero) is 1. The van der Waals surface area contributed by atoms with E-state index in [-0.39, 0.29) is 39.0 Å². The van der Waals surface area contributed by atoms with Gasteiger partial charge in [-0.25, -0.2) is 21.6 Å². The number of hydrogen-bond donors (Lipinski definition) is 1. The molecular formula is C32H33N5O11S2. The molecule has 2 aliphatic rings. The number of aromatic nitrogens is 2. The van der Waals surface area contributed by atoms with Gasteiger partial charge in [0.05, 0.1) is 67.6 Å². The maximum atomic E-state index is 12.2. The molecule has 0 bridgehead atoms. The average Bonchev–Trinajstić information content (AvgIpc) is 3.78. The van der Waals surface area contributed by atoms with Crippen LogP contribution in [-0.4, -0.2) is 78.3 Å². The van der Waals surface area contributed by atoms with Gasteiger partial charge in [-0.15, -0.1) is 0 Å². The number of ether oxygens (including phenoxy) is 5. The maximum Gasteiger partial charge on any atom is 0.339 e. The van der Waals surface area contributed by atoms with Gasteiger partial charge in [0.2, 0.25) is 33.6 Å². The van der Waals surface area contributed by atoms with E-state index in [0.29, 0.717) is 56.9 Å². The lowest BCUT2D eigenvalue weighted by molar-refractivity contribution is 0.0600. The van der Waals surface area contributed by atoms with Gasteiger partial charge in [0.15, 0.2) is 28.8 Å². The molecule has 2 aromatic heterocycles. The number of rotatable bonds is 11. The first-order valence-corrected chi connectivity index (χ1v) is 18.4. The van der Waals surface area contributed by atoms with Gasteiger partial charge < -0.3 is 29.4 Å². The van der Waals surface area contributed by atoms with Gasteiger partial charge in [-0.1, -0.05) is 0 Å². The number of nitrogens with two attached hydrogens (primary N) is 1. The normalized spacial score (nSPS) is 12.8. The molecule has 4 heterocycles. The number of anilines is 2. The summed E-state index contributed by atoms with van der Waals surface area (Å²) in [5.74, 6) is 1.38. The number of fused-ring (bicyclic) bond motifs is 2. The predicted octanol–water partition coefficient (Wildman–Crippen LogP) is 2.48. The Morgan fingerprint density at radius 2 is 1.14 bits per heavy atom. The fraction of sp³-hybridized carbons (Fsp3) is 0.250. The molecule has 264 valence electrons. The van der Waals surface area contributed by atoms with Gasteiger partial charge in [0, 0.05) is 30.1 Å². The molecule has 0 radical (unpaired) electrons. The average molecular weight is 728 g/mol. The number of carbonyl (C=O) groups excluding carboxylic acids is 2. The van der Waals surface area contributed by atoms with E-state index < -0.39 is 26.0 Å². The summed E-state index contributed by atoms with van der Waals surface area (Å²) in [7, 11) is -5.83. The quantitative estimate of drug-likeness (QED) is 0.174. The first-order valence-electron chi connectivity index (χ1n) is 14.7. The summed E-state index contributed by atoms with van der Waals surface area (Å²) < 4.78 is 76.9. The predicted molar refractivity (Wildman–Crippen MR) is 180 cm³/mol. The zero-order chi connectivity index (χ0) is 36.1. The highest BCUT2D eigenvalue weighted by atomic mass is 32.2. The van der Waals surface area contributed by atoms with Crippen LogP contribution in [0, 0.1) is 0 Å². The van der Waals surface area contributed by atoms with E-state index in [1.165, 1.54) is 34.2 Å². The number of hydrogen-bond acceptors (Lipinski definition) is 14. The lowest BCUT2D eigenvalue weighted by atomic mass is 10.2. The number of benzene rings is 2. The van der Waals surface area contributed by atoms with Crippen molar-refractivity contribution in [1.82, 2.24) is 9.97 Å². The van der Waals surface area contributed by atoms with Crippen molar-refractivity contribution in [2.75, 3.05) is 48.4 Å². The van der Waals surface area contributed by atoms with Crippen LogP contribution in [-0.2, 0) is 37.9 Å². The topological polar surface area (TPSA) is 207 Å². The molecule has 18 heteroatoms. The van der Waals surface area contributed by atoms with Gasteiger partial charge in [0.25, 0.3) is 0 Å². The highest BCUT2D eigenvalue weighted by Gasteiger charge is 2.24. The summed E-state index contributed by atoms with van der Waals surface area (Å²) >= 11 is 0. The van der Waals surface area contributed by atoms with E-state index in [9.17, 15) is 26.4 Å². The highest BCUT2D eigenvalue weighted by Crippen LogP contribution is 2.37. The van der Waals surface area contributed by atoms with Crippen LogP contribution in [0.4, 0.5) is 11.4 Å². The molecule has 0 aliphatic carbocycles. The van der Waals surface area contributed by atoms with E-state index in [4.69, 9.17) is 24.7 Å². The van der Waals surface area contributed by atoms with Crippen LogP contribution in [0.3, 0.4) is 0 Å². The number of carbonyl (C=O) groups is 2. The van der Waals surface area contributed by atoms with Crippen molar-refractivity contribution in [3.63, 3.8) is 0 Å². The Morgan fingerprint density at radius 1 is 0.700 bits per heavy atom.